The summed E-state index contributed by atoms with van der Waals surface area (Å²) in [6.45, 7) is 6.07. The number of aryl methyl sites for hydroxylation is 1. The summed E-state index contributed by atoms with van der Waals surface area (Å²) in [6.07, 6.45) is 4.61. The summed E-state index contributed by atoms with van der Waals surface area (Å²) in [5, 5.41) is 16.4. The molecule has 0 fully saturated rings. The van der Waals surface area contributed by atoms with Crippen molar-refractivity contribution in [2.75, 3.05) is 7.11 Å². The molecule has 0 saturated carbocycles. The van der Waals surface area contributed by atoms with Crippen molar-refractivity contribution in [3.05, 3.63) is 51.8 Å². The fourth-order valence-electron chi connectivity index (χ4n) is 3.74. The molecule has 0 atom stereocenters. The molecule has 0 spiro atoms. The monoisotopic (exact) mass is 469 g/mol. The minimum absolute atomic E-state index is 0.0521. The molecule has 4 rings (SSSR count). The number of aliphatic imine (C=N–C) groups is 1. The predicted molar refractivity (Wildman–Crippen MR) is 131 cm³/mol. The first kappa shape index (κ1) is 22.4. The van der Waals surface area contributed by atoms with Crippen LogP contribution < -0.4 is 4.74 Å². The summed E-state index contributed by atoms with van der Waals surface area (Å²) in [4.78, 5) is 16.9. The number of nitrogens with one attached hydrogen (secondary N) is 1. The molecule has 1 aromatic carbocycles. The molecule has 0 saturated heterocycles. The van der Waals surface area contributed by atoms with E-state index in [0.717, 1.165) is 46.9 Å². The maximum absolute atomic E-state index is 12.7. The third-order valence-electron chi connectivity index (χ3n) is 5.40. The number of rotatable bonds is 6. The molecule has 1 N–H and O–H groups in total. The van der Waals surface area contributed by atoms with Gasteiger partial charge in [-0.05, 0) is 74.4 Å². The third-order valence-corrected chi connectivity index (χ3v) is 6.67. The number of amidine groups is 2. The van der Waals surface area contributed by atoms with Gasteiger partial charge < -0.3 is 9.30 Å². The van der Waals surface area contributed by atoms with Gasteiger partial charge in [0.05, 0.1) is 17.7 Å². The molecule has 0 aliphatic carbocycles. The number of aromatic nitrogens is 1. The normalized spacial score (nSPS) is 17.0. The van der Waals surface area contributed by atoms with Crippen molar-refractivity contribution >= 4 is 51.4 Å². The molecule has 2 aliphatic rings. The molecule has 1 amide bonds. The largest absolute Gasteiger partial charge is 0.495 e. The van der Waals surface area contributed by atoms with Crippen molar-refractivity contribution in [3.8, 4) is 11.4 Å². The highest BCUT2D eigenvalue weighted by Crippen LogP contribution is 2.32. The third kappa shape index (κ3) is 4.00. The second-order valence-corrected chi connectivity index (χ2v) is 9.05. The van der Waals surface area contributed by atoms with Gasteiger partial charge in [0, 0.05) is 17.1 Å². The van der Waals surface area contributed by atoms with Crippen molar-refractivity contribution in [1.29, 1.82) is 5.41 Å². The Morgan fingerprint density at radius 2 is 2.06 bits per heavy atom. The van der Waals surface area contributed by atoms with Crippen LogP contribution in [0.1, 0.15) is 43.1 Å². The van der Waals surface area contributed by atoms with Crippen LogP contribution in [0.2, 0.25) is 5.02 Å². The smallest absolute Gasteiger partial charge is 0.283 e. The summed E-state index contributed by atoms with van der Waals surface area (Å²) >= 11 is 7.69. The summed E-state index contributed by atoms with van der Waals surface area (Å²) in [7, 11) is 1.58. The summed E-state index contributed by atoms with van der Waals surface area (Å²) in [5.41, 5.74) is 3.86. The van der Waals surface area contributed by atoms with E-state index in [4.69, 9.17) is 21.7 Å². The fourth-order valence-corrected chi connectivity index (χ4v) is 4.92. The number of halogens is 1. The minimum Gasteiger partial charge on any atom is -0.495 e. The maximum Gasteiger partial charge on any atom is 0.283 e. The Morgan fingerprint density at radius 1 is 1.28 bits per heavy atom. The molecule has 32 heavy (non-hydrogen) atoms. The molecular weight excluding hydrogens is 446 g/mol. The number of hydrogen-bond acceptors (Lipinski definition) is 5. The highest BCUT2D eigenvalue weighted by atomic mass is 35.5. The molecule has 0 radical (unpaired) electrons. The number of carbonyl (C=O) groups excluding carboxylic acids is 1. The van der Waals surface area contributed by atoms with Gasteiger partial charge in [0.15, 0.2) is 5.84 Å². The molecule has 1 aromatic heterocycles. The maximum atomic E-state index is 12.7. The molecule has 3 heterocycles. The van der Waals surface area contributed by atoms with Crippen LogP contribution in [0.3, 0.4) is 0 Å². The number of benzene rings is 1. The Kier molecular flexibility index (Phi) is 6.26. The number of hydrogen-bond donors (Lipinski definition) is 1. The SMILES string of the molecule is CCCCC1=NN2C(=N)/C(=C/c3cc(C)n(-c4ccc(OC)c(Cl)c4)c3C)C(=O)N=C2S1. The van der Waals surface area contributed by atoms with Gasteiger partial charge in [-0.3, -0.25) is 10.2 Å². The van der Waals surface area contributed by atoms with Gasteiger partial charge in [-0.15, -0.1) is 0 Å². The first-order chi connectivity index (χ1) is 15.3. The van der Waals surface area contributed by atoms with E-state index >= 15 is 0 Å². The van der Waals surface area contributed by atoms with E-state index in [0.29, 0.717) is 15.9 Å². The molecule has 7 nitrogen and oxygen atoms in total. The van der Waals surface area contributed by atoms with Crippen LogP contribution in [0.15, 0.2) is 39.9 Å². The zero-order valence-electron chi connectivity index (χ0n) is 18.4. The first-order valence-electron chi connectivity index (χ1n) is 10.4. The van der Waals surface area contributed by atoms with Gasteiger partial charge in [-0.1, -0.05) is 24.9 Å². The van der Waals surface area contributed by atoms with Gasteiger partial charge in [0.1, 0.15) is 10.8 Å². The lowest BCUT2D eigenvalue weighted by Crippen LogP contribution is -2.35. The molecule has 9 heteroatoms. The summed E-state index contributed by atoms with van der Waals surface area (Å²) in [5.74, 6) is 0.242. The number of amides is 1. The lowest BCUT2D eigenvalue weighted by Gasteiger charge is -2.20. The molecule has 0 unspecified atom stereocenters. The Bertz CT molecular complexity index is 1210. The zero-order chi connectivity index (χ0) is 23.0. The molecule has 2 aromatic rings. The van der Waals surface area contributed by atoms with Crippen molar-refractivity contribution in [1.82, 2.24) is 9.58 Å². The molecule has 0 bridgehead atoms. The topological polar surface area (TPSA) is 83.0 Å². The quantitative estimate of drug-likeness (QED) is 0.561. The number of nitrogens with zero attached hydrogens (tertiary/aromatic N) is 4. The number of fused-ring (bicyclic) bond motifs is 1. The lowest BCUT2D eigenvalue weighted by atomic mass is 10.1. The number of thioether (sulfide) groups is 1. The second-order valence-electron chi connectivity index (χ2n) is 7.60. The van der Waals surface area contributed by atoms with Crippen LogP contribution in [0.4, 0.5) is 0 Å². The van der Waals surface area contributed by atoms with Gasteiger partial charge in [0.25, 0.3) is 5.91 Å². The number of carbonyl (C=O) groups is 1. The van der Waals surface area contributed by atoms with Gasteiger partial charge >= 0.3 is 0 Å². The first-order valence-corrected chi connectivity index (χ1v) is 11.6. The van der Waals surface area contributed by atoms with Crippen LogP contribution in [-0.4, -0.2) is 38.6 Å². The predicted octanol–water partition coefficient (Wildman–Crippen LogP) is 5.57. The minimum atomic E-state index is -0.419. The Balaban J connectivity index is 1.69. The highest BCUT2D eigenvalue weighted by Gasteiger charge is 2.35. The van der Waals surface area contributed by atoms with Crippen LogP contribution in [0.25, 0.3) is 11.8 Å². The number of unbranched alkanes of at least 4 members (excludes halogenated alkanes) is 1. The van der Waals surface area contributed by atoms with Crippen LogP contribution >= 0.6 is 23.4 Å². The van der Waals surface area contributed by atoms with Crippen molar-refractivity contribution in [3.63, 3.8) is 0 Å². The average Bonchev–Trinajstić information content (AvgIpc) is 3.29. The van der Waals surface area contributed by atoms with Crippen molar-refractivity contribution in [2.45, 2.75) is 40.0 Å². The van der Waals surface area contributed by atoms with E-state index in [1.54, 1.807) is 13.2 Å². The second kappa shape index (κ2) is 8.96. The lowest BCUT2D eigenvalue weighted by molar-refractivity contribution is -0.114. The van der Waals surface area contributed by atoms with E-state index in [1.165, 1.54) is 16.8 Å². The van der Waals surface area contributed by atoms with Gasteiger partial charge in [-0.25, -0.2) is 0 Å². The van der Waals surface area contributed by atoms with Crippen LogP contribution in [-0.2, 0) is 4.79 Å². The van der Waals surface area contributed by atoms with E-state index in [-0.39, 0.29) is 11.4 Å². The zero-order valence-corrected chi connectivity index (χ0v) is 20.0. The summed E-state index contributed by atoms with van der Waals surface area (Å²) < 4.78 is 7.30. The molecule has 166 valence electrons. The van der Waals surface area contributed by atoms with Crippen molar-refractivity contribution in [2.24, 2.45) is 10.1 Å². The fraction of sp³-hybridized carbons (Fsp3) is 0.304. The number of methoxy groups -OCH3 is 1. The van der Waals surface area contributed by atoms with Gasteiger partial charge in [0.2, 0.25) is 5.17 Å². The Hall–Kier alpha value is -2.84. The van der Waals surface area contributed by atoms with Crippen LogP contribution in [0.5, 0.6) is 5.75 Å². The van der Waals surface area contributed by atoms with E-state index in [2.05, 4.69) is 21.6 Å². The molecular formula is C23H24ClN5O2S. The highest BCUT2D eigenvalue weighted by molar-refractivity contribution is 8.26. The van der Waals surface area contributed by atoms with Gasteiger partial charge in [-0.2, -0.15) is 15.1 Å². The van der Waals surface area contributed by atoms with E-state index in [9.17, 15) is 4.79 Å². The van der Waals surface area contributed by atoms with Crippen LogP contribution in [0, 0.1) is 19.3 Å². The Labute approximate surface area is 196 Å². The number of ether oxygens (including phenoxy) is 1. The van der Waals surface area contributed by atoms with E-state index in [1.807, 2.05) is 38.1 Å². The average molecular weight is 470 g/mol. The molecule has 2 aliphatic heterocycles. The van der Waals surface area contributed by atoms with E-state index < -0.39 is 5.91 Å². The summed E-state index contributed by atoms with van der Waals surface area (Å²) in [6, 6.07) is 7.58. The number of hydrazone groups is 1. The standard InChI is InChI=1S/C23H24ClN5O2S/c1-5-6-7-20-27-29-21(25)17(22(30)26-23(29)32-20)11-15-10-13(2)28(14(15)3)16-8-9-19(31-4)18(24)12-16/h8-12,25H,5-7H2,1-4H3/b17-11-,25-21?. The van der Waals surface area contributed by atoms with Crippen molar-refractivity contribution < 1.29 is 9.53 Å². The Morgan fingerprint density at radius 3 is 2.75 bits per heavy atom.